The number of carbonyl (C=O) groups excluding carboxylic acids is 1. The summed E-state index contributed by atoms with van der Waals surface area (Å²) >= 11 is 0. The second-order valence-electron chi connectivity index (χ2n) is 9.28. The van der Waals surface area contributed by atoms with Gasteiger partial charge in [-0.2, -0.15) is 0 Å². The van der Waals surface area contributed by atoms with Crippen LogP contribution in [0.15, 0.2) is 0 Å². The minimum absolute atomic E-state index is 0.0391. The highest BCUT2D eigenvalue weighted by Gasteiger charge is 2.63. The van der Waals surface area contributed by atoms with Gasteiger partial charge in [0.1, 0.15) is 6.10 Å². The van der Waals surface area contributed by atoms with Crippen LogP contribution in [-0.4, -0.2) is 37.5 Å². The first-order chi connectivity index (χ1) is 11.9. The van der Waals surface area contributed by atoms with Gasteiger partial charge < -0.3 is 14.6 Å². The quantitative estimate of drug-likeness (QED) is 0.606. The molecule has 7 unspecified atom stereocenters. The monoisotopic (exact) mass is 352 g/mol. The first-order valence-electron chi connectivity index (χ1n) is 10.2. The van der Waals surface area contributed by atoms with E-state index in [0.29, 0.717) is 12.5 Å². The van der Waals surface area contributed by atoms with Gasteiger partial charge in [0.05, 0.1) is 18.6 Å². The number of carbonyl (C=O) groups is 1. The largest absolute Gasteiger partial charge is 0.462 e. The van der Waals surface area contributed by atoms with Gasteiger partial charge in [0.15, 0.2) is 0 Å². The van der Waals surface area contributed by atoms with Gasteiger partial charge in [-0.1, -0.05) is 6.92 Å². The average Bonchev–Trinajstić information content (AvgIpc) is 3.35. The minimum Gasteiger partial charge on any atom is -0.462 e. The fraction of sp³-hybridized carbons (Fsp3) is 0.952. The number of esters is 1. The molecule has 4 fully saturated rings. The summed E-state index contributed by atoms with van der Waals surface area (Å²) in [6.45, 7) is 6.68. The van der Waals surface area contributed by atoms with E-state index in [1.165, 1.54) is 32.1 Å². The number of aliphatic hydroxyl groups excluding tert-OH is 1. The third-order valence-corrected chi connectivity index (χ3v) is 7.66. The molecule has 4 aliphatic carbocycles. The highest BCUT2D eigenvalue weighted by Crippen LogP contribution is 2.67. The topological polar surface area (TPSA) is 55.8 Å². The van der Waals surface area contributed by atoms with Gasteiger partial charge in [0, 0.05) is 7.11 Å². The van der Waals surface area contributed by atoms with Gasteiger partial charge in [-0.25, -0.2) is 0 Å². The first kappa shape index (κ1) is 19.2. The van der Waals surface area contributed by atoms with Crippen molar-refractivity contribution < 1.29 is 19.4 Å². The van der Waals surface area contributed by atoms with E-state index >= 15 is 0 Å². The molecular weight excluding hydrogens is 316 g/mol. The smallest absolute Gasteiger partial charge is 0.311 e. The fourth-order valence-electron chi connectivity index (χ4n) is 6.17. The molecule has 0 aliphatic heterocycles. The molecule has 144 valence electrons. The second-order valence-corrected chi connectivity index (χ2v) is 9.28. The molecule has 0 aromatic heterocycles. The Balaban J connectivity index is 0.000000324. The minimum atomic E-state index is -0.310. The van der Waals surface area contributed by atoms with Crippen molar-refractivity contribution >= 4 is 5.97 Å². The van der Waals surface area contributed by atoms with Crippen LogP contribution in [0.1, 0.15) is 59.3 Å². The molecule has 4 aliphatic rings. The van der Waals surface area contributed by atoms with Gasteiger partial charge in [-0.3, -0.25) is 4.79 Å². The van der Waals surface area contributed by atoms with Crippen molar-refractivity contribution in [3.05, 3.63) is 0 Å². The predicted octanol–water partition coefficient (Wildman–Crippen LogP) is 3.66. The Labute approximate surface area is 152 Å². The zero-order valence-corrected chi connectivity index (χ0v) is 16.4. The van der Waals surface area contributed by atoms with Crippen LogP contribution in [0.3, 0.4) is 0 Å². The van der Waals surface area contributed by atoms with Crippen LogP contribution in [0.2, 0.25) is 0 Å². The van der Waals surface area contributed by atoms with Crippen LogP contribution >= 0.6 is 0 Å². The first-order valence-corrected chi connectivity index (χ1v) is 10.2. The normalized spacial score (nSPS) is 40.6. The van der Waals surface area contributed by atoms with E-state index in [9.17, 15) is 4.79 Å². The maximum atomic E-state index is 12.4. The molecule has 4 nitrogen and oxygen atoms in total. The van der Waals surface area contributed by atoms with Crippen LogP contribution < -0.4 is 0 Å². The van der Waals surface area contributed by atoms with Crippen LogP contribution in [0.4, 0.5) is 0 Å². The Morgan fingerprint density at radius 2 is 1.76 bits per heavy atom. The molecule has 7 atom stereocenters. The summed E-state index contributed by atoms with van der Waals surface area (Å²) < 4.78 is 10.4. The molecule has 0 saturated heterocycles. The second kappa shape index (κ2) is 7.56. The van der Waals surface area contributed by atoms with Gasteiger partial charge >= 0.3 is 5.97 Å². The van der Waals surface area contributed by atoms with Crippen molar-refractivity contribution in [2.45, 2.75) is 65.4 Å². The predicted molar refractivity (Wildman–Crippen MR) is 96.9 cm³/mol. The van der Waals surface area contributed by atoms with E-state index in [0.717, 1.165) is 36.0 Å². The van der Waals surface area contributed by atoms with Gasteiger partial charge in [-0.05, 0) is 87.9 Å². The summed E-state index contributed by atoms with van der Waals surface area (Å²) in [5.74, 6) is 5.55. The molecule has 4 heteroatoms. The van der Waals surface area contributed by atoms with Crippen molar-refractivity contribution in [1.29, 1.82) is 0 Å². The van der Waals surface area contributed by atoms with Gasteiger partial charge in [0.25, 0.3) is 0 Å². The van der Waals surface area contributed by atoms with E-state index < -0.39 is 0 Å². The standard InChI is InChI=1S/C18H28O2.C3H8O2/c1-4-18(2,3)17(19)20-14-9-12-8-13(14)16-11-6-5-10(7-11)15(12)16;1-5-3-2-4/h10-16H,4-9H2,1-3H3;4H,2-3H2,1H3. The van der Waals surface area contributed by atoms with E-state index in [4.69, 9.17) is 9.84 Å². The SMILES string of the molecule is CCC(C)(C)C(=O)OC1CC2CC1C1C3CCC(C3)C21.COCCO. The fourth-order valence-corrected chi connectivity index (χ4v) is 6.17. The summed E-state index contributed by atoms with van der Waals surface area (Å²) in [6.07, 6.45) is 8.07. The summed E-state index contributed by atoms with van der Waals surface area (Å²) in [5, 5.41) is 7.94. The number of ether oxygens (including phenoxy) is 2. The van der Waals surface area contributed by atoms with Crippen molar-refractivity contribution in [2.75, 3.05) is 20.3 Å². The summed E-state index contributed by atoms with van der Waals surface area (Å²) in [4.78, 5) is 12.4. The molecule has 25 heavy (non-hydrogen) atoms. The Bertz CT molecular complexity index is 473. The molecular formula is C21H36O4. The van der Waals surface area contributed by atoms with Crippen LogP contribution in [-0.2, 0) is 14.3 Å². The molecule has 0 spiro atoms. The van der Waals surface area contributed by atoms with Crippen LogP contribution in [0.5, 0.6) is 0 Å². The van der Waals surface area contributed by atoms with Crippen molar-refractivity contribution in [3.63, 3.8) is 0 Å². The maximum absolute atomic E-state index is 12.4. The Morgan fingerprint density at radius 1 is 1.08 bits per heavy atom. The summed E-state index contributed by atoms with van der Waals surface area (Å²) in [7, 11) is 1.55. The zero-order valence-electron chi connectivity index (χ0n) is 16.4. The molecule has 0 aromatic carbocycles. The molecule has 0 radical (unpaired) electrons. The van der Waals surface area contributed by atoms with Crippen molar-refractivity contribution in [1.82, 2.24) is 0 Å². The Kier molecular flexibility index (Phi) is 5.79. The molecule has 4 rings (SSSR count). The number of hydrogen-bond donors (Lipinski definition) is 1. The van der Waals surface area contributed by atoms with E-state index in [1.54, 1.807) is 7.11 Å². The van der Waals surface area contributed by atoms with Crippen LogP contribution in [0, 0.1) is 40.9 Å². The molecule has 4 saturated carbocycles. The van der Waals surface area contributed by atoms with Crippen molar-refractivity contribution in [3.8, 4) is 0 Å². The molecule has 0 aromatic rings. The molecule has 1 N–H and O–H groups in total. The third-order valence-electron chi connectivity index (χ3n) is 7.66. The number of hydrogen-bond acceptors (Lipinski definition) is 4. The maximum Gasteiger partial charge on any atom is 0.311 e. The average molecular weight is 353 g/mol. The van der Waals surface area contributed by atoms with Crippen LogP contribution in [0.25, 0.3) is 0 Å². The number of fused-ring (bicyclic) bond motifs is 9. The summed E-state index contributed by atoms with van der Waals surface area (Å²) in [6, 6.07) is 0. The molecule has 0 amide bonds. The van der Waals surface area contributed by atoms with Gasteiger partial charge in [-0.15, -0.1) is 0 Å². The lowest BCUT2D eigenvalue weighted by Gasteiger charge is -2.39. The highest BCUT2D eigenvalue weighted by molar-refractivity contribution is 5.76. The number of methoxy groups -OCH3 is 1. The highest BCUT2D eigenvalue weighted by atomic mass is 16.5. The molecule has 0 heterocycles. The Morgan fingerprint density at radius 3 is 2.32 bits per heavy atom. The lowest BCUT2D eigenvalue weighted by atomic mass is 9.70. The van der Waals surface area contributed by atoms with E-state index in [-0.39, 0.29) is 24.1 Å². The lowest BCUT2D eigenvalue weighted by molar-refractivity contribution is -0.164. The Hall–Kier alpha value is -0.610. The lowest BCUT2D eigenvalue weighted by Crippen LogP contribution is -2.39. The summed E-state index contributed by atoms with van der Waals surface area (Å²) in [5.41, 5.74) is -0.310. The van der Waals surface area contributed by atoms with Gasteiger partial charge in [0.2, 0.25) is 0 Å². The van der Waals surface area contributed by atoms with E-state index in [2.05, 4.69) is 11.7 Å². The van der Waals surface area contributed by atoms with E-state index in [1.807, 2.05) is 13.8 Å². The third kappa shape index (κ3) is 3.49. The number of aliphatic hydroxyl groups is 1. The number of rotatable bonds is 5. The molecule has 4 bridgehead atoms. The van der Waals surface area contributed by atoms with Crippen molar-refractivity contribution in [2.24, 2.45) is 40.9 Å². The zero-order chi connectivity index (χ0) is 18.2.